The van der Waals surface area contributed by atoms with Crippen LogP contribution in [-0.4, -0.2) is 38.1 Å². The number of nitrogens with zero attached hydrogens (tertiary/aromatic N) is 1. The molecule has 3 aromatic carbocycles. The maximum atomic E-state index is 13.5. The molecule has 0 spiro atoms. The van der Waals surface area contributed by atoms with Crippen LogP contribution in [0, 0.1) is 6.92 Å². The Bertz CT molecular complexity index is 1400. The smallest absolute Gasteiger partial charge is 0.262 e. The molecule has 0 aliphatic rings. The number of carbonyl (C=O) groups excluding carboxylic acids is 2. The predicted molar refractivity (Wildman–Crippen MR) is 149 cm³/mol. The number of carbonyl (C=O) groups is 2. The number of benzene rings is 3. The van der Waals surface area contributed by atoms with E-state index < -0.39 is 8.07 Å². The molecule has 4 rings (SSSR count). The van der Waals surface area contributed by atoms with Gasteiger partial charge in [-0.25, -0.2) is 0 Å². The third kappa shape index (κ3) is 5.40. The molecule has 0 bridgehead atoms. The van der Waals surface area contributed by atoms with Gasteiger partial charge in [-0.2, -0.15) is 0 Å². The number of fused-ring (bicyclic) bond motifs is 1. The minimum absolute atomic E-state index is 0.0585. The van der Waals surface area contributed by atoms with Crippen molar-refractivity contribution in [1.29, 1.82) is 0 Å². The summed E-state index contributed by atoms with van der Waals surface area (Å²) < 4.78 is 7.10. The average molecular weight is 519 g/mol. The van der Waals surface area contributed by atoms with Crippen molar-refractivity contribution in [2.75, 3.05) is 13.7 Å². The molecule has 1 aromatic heterocycles. The molecule has 0 atom stereocenters. The molecule has 0 saturated carbocycles. The lowest BCUT2D eigenvalue weighted by Crippen LogP contribution is -2.44. The fourth-order valence-corrected chi connectivity index (χ4v) is 6.83. The molecule has 1 amide bonds. The van der Waals surface area contributed by atoms with Gasteiger partial charge in [-0.1, -0.05) is 60.2 Å². The summed E-state index contributed by atoms with van der Waals surface area (Å²) >= 11 is 6.01. The first-order valence-corrected chi connectivity index (χ1v) is 15.6. The van der Waals surface area contributed by atoms with E-state index in [1.807, 2.05) is 31.2 Å². The first kappa shape index (κ1) is 25.7. The van der Waals surface area contributed by atoms with Gasteiger partial charge in [0.25, 0.3) is 5.91 Å². The number of hydrogen-bond acceptors (Lipinski definition) is 3. The van der Waals surface area contributed by atoms with Crippen molar-refractivity contribution in [2.24, 2.45) is 0 Å². The van der Waals surface area contributed by atoms with Crippen LogP contribution in [0.3, 0.4) is 0 Å². The Balaban J connectivity index is 1.58. The molecule has 4 aromatic rings. The molecular formula is C29H31ClN2O3Si. The second-order valence-electron chi connectivity index (χ2n) is 9.62. The lowest BCUT2D eigenvalue weighted by Gasteiger charge is -2.23. The van der Waals surface area contributed by atoms with E-state index in [9.17, 15) is 9.59 Å². The molecule has 0 aliphatic heterocycles. The number of aromatic nitrogens is 1. The van der Waals surface area contributed by atoms with Crippen LogP contribution in [0.15, 0.2) is 72.8 Å². The van der Waals surface area contributed by atoms with Crippen LogP contribution in [0.5, 0.6) is 5.75 Å². The van der Waals surface area contributed by atoms with Gasteiger partial charge in [-0.3, -0.25) is 14.2 Å². The second kappa shape index (κ2) is 10.7. The summed E-state index contributed by atoms with van der Waals surface area (Å²) in [6.07, 6.45) is 0.184. The van der Waals surface area contributed by atoms with E-state index in [4.69, 9.17) is 16.3 Å². The lowest BCUT2D eigenvalue weighted by molar-refractivity contribution is -0.120. The van der Waals surface area contributed by atoms with E-state index in [0.717, 1.165) is 28.2 Å². The highest BCUT2D eigenvalue weighted by Crippen LogP contribution is 2.31. The average Bonchev–Trinajstić information content (AvgIpc) is 3.14. The second-order valence-corrected chi connectivity index (χ2v) is 14.9. The highest BCUT2D eigenvalue weighted by atomic mass is 35.5. The van der Waals surface area contributed by atoms with E-state index in [2.05, 4.69) is 42.7 Å². The minimum Gasteiger partial charge on any atom is -0.497 e. The van der Waals surface area contributed by atoms with Gasteiger partial charge in [0.2, 0.25) is 5.91 Å². The van der Waals surface area contributed by atoms with Gasteiger partial charge in [0, 0.05) is 28.2 Å². The Kier molecular flexibility index (Phi) is 7.67. The molecule has 36 heavy (non-hydrogen) atoms. The van der Waals surface area contributed by atoms with Crippen LogP contribution in [-0.2, 0) is 11.2 Å². The van der Waals surface area contributed by atoms with Crippen molar-refractivity contribution in [3.05, 3.63) is 94.6 Å². The number of hydrogen-bond donors (Lipinski definition) is 1. The molecule has 1 N–H and O–H groups in total. The first-order chi connectivity index (χ1) is 17.2. The third-order valence-electron chi connectivity index (χ3n) is 6.80. The SMILES string of the molecule is COc1ccc2c(c1)c(CC(=O)NCC[Si](C)(C)c1ccccc1)c(C)n2C(=O)c1ccc(Cl)cc1. The summed E-state index contributed by atoms with van der Waals surface area (Å²) in [6.45, 7) is 7.15. The van der Waals surface area contributed by atoms with Crippen molar-refractivity contribution in [2.45, 2.75) is 32.5 Å². The van der Waals surface area contributed by atoms with Gasteiger partial charge in [0.15, 0.2) is 0 Å². The van der Waals surface area contributed by atoms with E-state index in [1.54, 1.807) is 35.9 Å². The number of methoxy groups -OCH3 is 1. The Hall–Kier alpha value is -3.35. The molecule has 0 aliphatic carbocycles. The zero-order valence-electron chi connectivity index (χ0n) is 21.1. The molecule has 0 saturated heterocycles. The van der Waals surface area contributed by atoms with Gasteiger partial charge >= 0.3 is 0 Å². The van der Waals surface area contributed by atoms with Crippen molar-refractivity contribution in [3.63, 3.8) is 0 Å². The molecule has 7 heteroatoms. The Morgan fingerprint density at radius 1 is 1.00 bits per heavy atom. The van der Waals surface area contributed by atoms with Gasteiger partial charge in [0.1, 0.15) is 5.75 Å². The fourth-order valence-electron chi connectivity index (χ4n) is 4.57. The van der Waals surface area contributed by atoms with E-state index in [1.165, 1.54) is 5.19 Å². The summed E-state index contributed by atoms with van der Waals surface area (Å²) in [5, 5.41) is 5.90. The highest BCUT2D eigenvalue weighted by Gasteiger charge is 2.24. The summed E-state index contributed by atoms with van der Waals surface area (Å²) in [7, 11) is -0.0413. The van der Waals surface area contributed by atoms with Crippen LogP contribution >= 0.6 is 11.6 Å². The third-order valence-corrected chi connectivity index (χ3v) is 10.4. The van der Waals surface area contributed by atoms with Crippen molar-refractivity contribution in [3.8, 4) is 5.75 Å². The summed E-state index contributed by atoms with van der Waals surface area (Å²) in [5.74, 6) is 0.453. The van der Waals surface area contributed by atoms with Crippen LogP contribution < -0.4 is 15.2 Å². The molecule has 186 valence electrons. The van der Waals surface area contributed by atoms with Gasteiger partial charge in [-0.15, -0.1) is 0 Å². The van der Waals surface area contributed by atoms with Crippen LogP contribution in [0.25, 0.3) is 10.9 Å². The molecule has 1 heterocycles. The van der Waals surface area contributed by atoms with E-state index in [-0.39, 0.29) is 18.2 Å². The first-order valence-electron chi connectivity index (χ1n) is 12.0. The maximum absolute atomic E-state index is 13.5. The molecule has 5 nitrogen and oxygen atoms in total. The quantitative estimate of drug-likeness (QED) is 0.310. The van der Waals surface area contributed by atoms with Crippen LogP contribution in [0.4, 0.5) is 0 Å². The number of nitrogens with one attached hydrogen (secondary N) is 1. The van der Waals surface area contributed by atoms with Gasteiger partial charge in [0.05, 0.1) is 27.1 Å². The minimum atomic E-state index is -1.65. The van der Waals surface area contributed by atoms with Crippen molar-refractivity contribution >= 4 is 47.6 Å². The molecule has 0 unspecified atom stereocenters. The topological polar surface area (TPSA) is 60.3 Å². The van der Waals surface area contributed by atoms with Crippen LogP contribution in [0.1, 0.15) is 21.6 Å². The Morgan fingerprint density at radius 3 is 2.36 bits per heavy atom. The summed E-state index contributed by atoms with van der Waals surface area (Å²) in [4.78, 5) is 26.5. The number of rotatable bonds is 8. The zero-order valence-corrected chi connectivity index (χ0v) is 22.9. The zero-order chi connectivity index (χ0) is 25.9. The standard InChI is InChI=1S/C29H31ClN2O3Si/c1-20-25(19-28(33)31-16-17-36(3,4)24-8-6-5-7-9-24)26-18-23(35-2)14-15-27(26)32(20)29(34)21-10-12-22(30)13-11-21/h5-15,18H,16-17,19H2,1-4H3,(H,31,33). The van der Waals surface area contributed by atoms with Gasteiger partial charge in [-0.05, 0) is 61.0 Å². The lowest BCUT2D eigenvalue weighted by atomic mass is 10.1. The largest absolute Gasteiger partial charge is 0.497 e. The van der Waals surface area contributed by atoms with E-state index in [0.29, 0.717) is 22.9 Å². The molecular weight excluding hydrogens is 488 g/mol. The number of halogens is 1. The summed E-state index contributed by atoms with van der Waals surface area (Å²) in [5.41, 5.74) is 2.84. The highest BCUT2D eigenvalue weighted by molar-refractivity contribution is 6.89. The van der Waals surface area contributed by atoms with E-state index >= 15 is 0 Å². The molecule has 0 radical (unpaired) electrons. The van der Waals surface area contributed by atoms with Crippen molar-refractivity contribution < 1.29 is 14.3 Å². The predicted octanol–water partition coefficient (Wildman–Crippen LogP) is 5.57. The fraction of sp³-hybridized carbons (Fsp3) is 0.241. The van der Waals surface area contributed by atoms with Gasteiger partial charge < -0.3 is 10.1 Å². The summed E-state index contributed by atoms with van der Waals surface area (Å²) in [6, 6.07) is 23.9. The van der Waals surface area contributed by atoms with Crippen molar-refractivity contribution in [1.82, 2.24) is 9.88 Å². The Morgan fingerprint density at radius 2 is 1.69 bits per heavy atom. The Labute approximate surface area is 218 Å². The monoisotopic (exact) mass is 518 g/mol. The molecule has 0 fully saturated rings. The van der Waals surface area contributed by atoms with Crippen LogP contribution in [0.2, 0.25) is 24.2 Å². The normalized spacial score (nSPS) is 11.5. The number of amides is 1. The maximum Gasteiger partial charge on any atom is 0.262 e. The number of ether oxygens (including phenoxy) is 1.